The molecule has 0 fully saturated rings. The molecule has 1 aromatic rings. The van der Waals surface area contributed by atoms with E-state index in [9.17, 15) is 0 Å². The van der Waals surface area contributed by atoms with E-state index < -0.39 is 0 Å². The molecule has 14 heavy (non-hydrogen) atoms. The largest absolute Gasteiger partial charge is 0.0625 e. The van der Waals surface area contributed by atoms with E-state index in [1.54, 1.807) is 0 Å². The Balaban J connectivity index is 2.83. The van der Waals surface area contributed by atoms with Crippen LogP contribution in [0.3, 0.4) is 0 Å². The van der Waals surface area contributed by atoms with Gasteiger partial charge in [-0.25, -0.2) is 0 Å². The second-order valence-corrected chi connectivity index (χ2v) is 5.36. The molecule has 0 saturated heterocycles. The van der Waals surface area contributed by atoms with Crippen LogP contribution in [0.1, 0.15) is 39.2 Å². The van der Waals surface area contributed by atoms with Gasteiger partial charge >= 0.3 is 0 Å². The van der Waals surface area contributed by atoms with Crippen LogP contribution in [0.4, 0.5) is 0 Å². The van der Waals surface area contributed by atoms with Gasteiger partial charge in [0.2, 0.25) is 0 Å². The quantitative estimate of drug-likeness (QED) is 0.724. The fraction of sp³-hybridized carbons (Fsp3) is 0.538. The van der Waals surface area contributed by atoms with Crippen molar-refractivity contribution in [1.82, 2.24) is 0 Å². The molecular weight excluding hydrogens is 236 g/mol. The summed E-state index contributed by atoms with van der Waals surface area (Å²) in [6.45, 7) is 9.22. The van der Waals surface area contributed by atoms with E-state index in [0.717, 1.165) is 11.8 Å². The van der Waals surface area contributed by atoms with E-state index in [4.69, 9.17) is 0 Å². The van der Waals surface area contributed by atoms with E-state index >= 15 is 0 Å². The van der Waals surface area contributed by atoms with Crippen molar-refractivity contribution in [3.8, 4) is 0 Å². The van der Waals surface area contributed by atoms with Gasteiger partial charge in [0.1, 0.15) is 0 Å². The summed E-state index contributed by atoms with van der Waals surface area (Å²) in [4.78, 5) is 0. The van der Waals surface area contributed by atoms with Gasteiger partial charge in [-0.1, -0.05) is 55.8 Å². The van der Waals surface area contributed by atoms with Gasteiger partial charge in [0, 0.05) is 4.47 Å². The van der Waals surface area contributed by atoms with Crippen molar-refractivity contribution >= 4 is 15.9 Å². The third-order valence-corrected chi connectivity index (χ3v) is 3.71. The molecular formula is C13H19Br. The molecule has 0 saturated carbocycles. The summed E-state index contributed by atoms with van der Waals surface area (Å²) >= 11 is 3.52. The summed E-state index contributed by atoms with van der Waals surface area (Å²) in [7, 11) is 0. The van der Waals surface area contributed by atoms with Crippen molar-refractivity contribution in [2.75, 3.05) is 0 Å². The Labute approximate surface area is 95.9 Å². The van der Waals surface area contributed by atoms with Crippen molar-refractivity contribution in [2.24, 2.45) is 11.8 Å². The second kappa shape index (κ2) is 4.97. The van der Waals surface area contributed by atoms with Crippen LogP contribution in [-0.4, -0.2) is 0 Å². The molecule has 0 radical (unpaired) electrons. The highest BCUT2D eigenvalue weighted by Crippen LogP contribution is 2.30. The van der Waals surface area contributed by atoms with E-state index in [1.165, 1.54) is 10.0 Å². The van der Waals surface area contributed by atoms with E-state index in [2.05, 4.69) is 67.9 Å². The highest BCUT2D eigenvalue weighted by atomic mass is 79.9. The average Bonchev–Trinajstić information content (AvgIpc) is 2.15. The molecule has 2 unspecified atom stereocenters. The number of rotatable bonds is 3. The zero-order chi connectivity index (χ0) is 10.7. The summed E-state index contributed by atoms with van der Waals surface area (Å²) in [5, 5.41) is 0. The van der Waals surface area contributed by atoms with Crippen LogP contribution in [-0.2, 0) is 0 Å². The van der Waals surface area contributed by atoms with Gasteiger partial charge in [-0.05, 0) is 35.4 Å². The lowest BCUT2D eigenvalue weighted by atomic mass is 9.82. The summed E-state index contributed by atoms with van der Waals surface area (Å²) in [6.07, 6.45) is 0. The Hall–Kier alpha value is -0.300. The lowest BCUT2D eigenvalue weighted by Gasteiger charge is -2.23. The third kappa shape index (κ3) is 2.84. The lowest BCUT2D eigenvalue weighted by Crippen LogP contribution is -2.12. The molecule has 0 aliphatic carbocycles. The van der Waals surface area contributed by atoms with Gasteiger partial charge < -0.3 is 0 Å². The molecule has 0 heterocycles. The molecule has 1 aromatic carbocycles. The molecule has 0 aliphatic heterocycles. The predicted molar refractivity (Wildman–Crippen MR) is 66.6 cm³/mol. The van der Waals surface area contributed by atoms with Crippen molar-refractivity contribution in [1.29, 1.82) is 0 Å². The Morgan fingerprint density at radius 2 is 1.71 bits per heavy atom. The second-order valence-electron chi connectivity index (χ2n) is 4.45. The Kier molecular flexibility index (Phi) is 4.18. The van der Waals surface area contributed by atoms with Gasteiger partial charge in [0.25, 0.3) is 0 Å². The van der Waals surface area contributed by atoms with Crippen LogP contribution in [0.2, 0.25) is 0 Å². The first kappa shape index (κ1) is 11.8. The van der Waals surface area contributed by atoms with Crippen molar-refractivity contribution in [3.05, 3.63) is 34.3 Å². The summed E-state index contributed by atoms with van der Waals surface area (Å²) in [5.74, 6) is 2.10. The Bertz CT molecular complexity index is 291. The van der Waals surface area contributed by atoms with Gasteiger partial charge in [-0.15, -0.1) is 0 Å². The third-order valence-electron chi connectivity index (χ3n) is 3.21. The number of hydrogen-bond acceptors (Lipinski definition) is 0. The SMILES string of the molecule is CC(C)C(C)C(C)c1cccc(Br)c1. The first-order valence-electron chi connectivity index (χ1n) is 5.28. The molecule has 0 N–H and O–H groups in total. The fourth-order valence-corrected chi connectivity index (χ4v) is 2.09. The average molecular weight is 255 g/mol. The first-order chi connectivity index (χ1) is 6.52. The maximum absolute atomic E-state index is 3.52. The van der Waals surface area contributed by atoms with Crippen LogP contribution in [0.15, 0.2) is 28.7 Å². The van der Waals surface area contributed by atoms with Crippen LogP contribution < -0.4 is 0 Å². The van der Waals surface area contributed by atoms with Crippen LogP contribution >= 0.6 is 15.9 Å². The van der Waals surface area contributed by atoms with Gasteiger partial charge in [-0.2, -0.15) is 0 Å². The molecule has 0 aromatic heterocycles. The zero-order valence-corrected chi connectivity index (χ0v) is 11.0. The highest BCUT2D eigenvalue weighted by molar-refractivity contribution is 9.10. The first-order valence-corrected chi connectivity index (χ1v) is 6.07. The number of benzene rings is 1. The molecule has 1 heteroatoms. The summed E-state index contributed by atoms with van der Waals surface area (Å²) in [5.41, 5.74) is 1.43. The minimum Gasteiger partial charge on any atom is -0.0625 e. The van der Waals surface area contributed by atoms with E-state index in [-0.39, 0.29) is 0 Å². The van der Waals surface area contributed by atoms with Crippen molar-refractivity contribution < 1.29 is 0 Å². The van der Waals surface area contributed by atoms with Crippen molar-refractivity contribution in [2.45, 2.75) is 33.6 Å². The van der Waals surface area contributed by atoms with Crippen LogP contribution in [0, 0.1) is 11.8 Å². The maximum atomic E-state index is 3.52. The minimum absolute atomic E-state index is 0.632. The number of hydrogen-bond donors (Lipinski definition) is 0. The molecule has 0 aliphatic rings. The molecule has 0 bridgehead atoms. The Morgan fingerprint density at radius 1 is 1.07 bits per heavy atom. The van der Waals surface area contributed by atoms with Crippen LogP contribution in [0.25, 0.3) is 0 Å². The van der Waals surface area contributed by atoms with E-state index in [1.807, 2.05) is 0 Å². The predicted octanol–water partition coefficient (Wildman–Crippen LogP) is 4.84. The normalized spacial score (nSPS) is 15.6. The maximum Gasteiger partial charge on any atom is 0.0178 e. The summed E-state index contributed by atoms with van der Waals surface area (Å²) < 4.78 is 1.18. The molecule has 0 spiro atoms. The molecule has 0 amide bonds. The van der Waals surface area contributed by atoms with Crippen LogP contribution in [0.5, 0.6) is 0 Å². The van der Waals surface area contributed by atoms with Crippen molar-refractivity contribution in [3.63, 3.8) is 0 Å². The van der Waals surface area contributed by atoms with Gasteiger partial charge in [0.15, 0.2) is 0 Å². The topological polar surface area (TPSA) is 0 Å². The molecule has 1 rings (SSSR count). The highest BCUT2D eigenvalue weighted by Gasteiger charge is 2.17. The number of halogens is 1. The lowest BCUT2D eigenvalue weighted by molar-refractivity contribution is 0.362. The fourth-order valence-electron chi connectivity index (χ4n) is 1.67. The standard InChI is InChI=1S/C13H19Br/c1-9(2)10(3)11(4)12-6-5-7-13(14)8-12/h5-11H,1-4H3. The van der Waals surface area contributed by atoms with Gasteiger partial charge in [0.05, 0.1) is 0 Å². The summed E-state index contributed by atoms with van der Waals surface area (Å²) in [6, 6.07) is 8.64. The van der Waals surface area contributed by atoms with E-state index in [0.29, 0.717) is 5.92 Å². The zero-order valence-electron chi connectivity index (χ0n) is 9.42. The molecule has 78 valence electrons. The minimum atomic E-state index is 0.632. The smallest absolute Gasteiger partial charge is 0.0178 e. The molecule has 2 atom stereocenters. The molecule has 0 nitrogen and oxygen atoms in total. The Morgan fingerprint density at radius 3 is 2.21 bits per heavy atom. The van der Waals surface area contributed by atoms with Gasteiger partial charge in [-0.3, -0.25) is 0 Å². The monoisotopic (exact) mass is 254 g/mol.